The Morgan fingerprint density at radius 1 is 0.562 bits per heavy atom. The van der Waals surface area contributed by atoms with E-state index in [1.54, 1.807) is 0 Å². The minimum Gasteiger partial charge on any atom is -0.297 e. The Bertz CT molecular complexity index is 203. The van der Waals surface area contributed by atoms with Crippen LogP contribution in [-0.4, -0.2) is 48.1 Å². The second-order valence-corrected chi connectivity index (χ2v) is 6.17. The van der Waals surface area contributed by atoms with Crippen LogP contribution in [0.5, 0.6) is 0 Å². The zero-order valence-corrected chi connectivity index (χ0v) is 10.9. The number of hydrogen-bond acceptors (Lipinski definition) is 2. The Kier molecular flexibility index (Phi) is 2.97. The lowest BCUT2D eigenvalue weighted by atomic mass is 9.78. The number of piperazine rings is 1. The Hall–Kier alpha value is -0.0800. The lowest BCUT2D eigenvalue weighted by Crippen LogP contribution is -2.67. The molecule has 0 N–H and O–H groups in total. The van der Waals surface area contributed by atoms with Crippen LogP contribution in [0.1, 0.15) is 51.4 Å². The van der Waals surface area contributed by atoms with Crippen molar-refractivity contribution >= 4 is 0 Å². The summed E-state index contributed by atoms with van der Waals surface area (Å²) < 4.78 is 0. The second-order valence-electron chi connectivity index (χ2n) is 6.17. The predicted octanol–water partition coefficient (Wildman–Crippen LogP) is 2.49. The van der Waals surface area contributed by atoms with Crippen LogP contribution in [0.15, 0.2) is 0 Å². The second kappa shape index (κ2) is 4.30. The van der Waals surface area contributed by atoms with Crippen molar-refractivity contribution in [1.82, 2.24) is 9.80 Å². The van der Waals surface area contributed by atoms with Crippen molar-refractivity contribution in [2.24, 2.45) is 0 Å². The zero-order chi connectivity index (χ0) is 11.1. The lowest BCUT2D eigenvalue weighted by Gasteiger charge is -2.57. The highest BCUT2D eigenvalue weighted by Gasteiger charge is 2.45. The first kappa shape index (κ1) is 11.0. The summed E-state index contributed by atoms with van der Waals surface area (Å²) in [6.07, 6.45) is 11.6. The molecule has 16 heavy (non-hydrogen) atoms. The Morgan fingerprint density at radius 2 is 0.812 bits per heavy atom. The molecule has 2 saturated carbocycles. The van der Waals surface area contributed by atoms with Crippen molar-refractivity contribution in [1.29, 1.82) is 0 Å². The first-order chi connectivity index (χ1) is 7.79. The van der Waals surface area contributed by atoms with E-state index in [1.807, 2.05) is 0 Å². The summed E-state index contributed by atoms with van der Waals surface area (Å²) in [5.74, 6) is 0. The van der Waals surface area contributed by atoms with E-state index in [0.717, 1.165) is 24.2 Å². The molecule has 0 unspecified atom stereocenters. The van der Waals surface area contributed by atoms with Gasteiger partial charge in [0.1, 0.15) is 0 Å². The van der Waals surface area contributed by atoms with Gasteiger partial charge in [-0.05, 0) is 39.8 Å². The summed E-state index contributed by atoms with van der Waals surface area (Å²) in [6, 6.07) is 3.44. The van der Waals surface area contributed by atoms with Crippen molar-refractivity contribution in [3.05, 3.63) is 0 Å². The van der Waals surface area contributed by atoms with Crippen LogP contribution in [-0.2, 0) is 0 Å². The van der Waals surface area contributed by atoms with Crippen LogP contribution in [0.4, 0.5) is 0 Å². The molecule has 0 aromatic rings. The summed E-state index contributed by atoms with van der Waals surface area (Å²) in [5.41, 5.74) is 0. The molecule has 2 nitrogen and oxygen atoms in total. The number of hydrogen-bond donors (Lipinski definition) is 0. The van der Waals surface area contributed by atoms with Gasteiger partial charge in [0.2, 0.25) is 0 Å². The van der Waals surface area contributed by atoms with Crippen LogP contribution < -0.4 is 0 Å². The topological polar surface area (TPSA) is 6.48 Å². The number of likely N-dealkylation sites (N-methyl/N-ethyl adjacent to an activating group) is 2. The van der Waals surface area contributed by atoms with Gasteiger partial charge in [-0.2, -0.15) is 0 Å². The zero-order valence-electron chi connectivity index (χ0n) is 10.9. The van der Waals surface area contributed by atoms with Crippen molar-refractivity contribution in [3.8, 4) is 0 Å². The van der Waals surface area contributed by atoms with Gasteiger partial charge in [-0.3, -0.25) is 9.80 Å². The molecule has 2 heteroatoms. The van der Waals surface area contributed by atoms with E-state index in [-0.39, 0.29) is 0 Å². The summed E-state index contributed by atoms with van der Waals surface area (Å²) in [6.45, 7) is 0. The van der Waals surface area contributed by atoms with Crippen molar-refractivity contribution in [2.45, 2.75) is 75.5 Å². The van der Waals surface area contributed by atoms with E-state index < -0.39 is 0 Å². The highest BCUT2D eigenvalue weighted by molar-refractivity contribution is 5.02. The Balaban J connectivity index is 1.83. The molecule has 0 aromatic carbocycles. The van der Waals surface area contributed by atoms with E-state index >= 15 is 0 Å². The van der Waals surface area contributed by atoms with Gasteiger partial charge in [-0.15, -0.1) is 0 Å². The minimum atomic E-state index is 0.859. The molecule has 3 fully saturated rings. The first-order valence-electron chi connectivity index (χ1n) is 7.23. The highest BCUT2D eigenvalue weighted by atomic mass is 15.3. The van der Waals surface area contributed by atoms with Crippen LogP contribution in [0, 0.1) is 0 Å². The van der Waals surface area contributed by atoms with Gasteiger partial charge in [0, 0.05) is 24.2 Å². The molecular weight excluding hydrogens is 196 g/mol. The maximum Gasteiger partial charge on any atom is 0.0252 e. The first-order valence-corrected chi connectivity index (χ1v) is 7.23. The summed E-state index contributed by atoms with van der Waals surface area (Å²) >= 11 is 0. The maximum atomic E-state index is 2.76. The maximum absolute atomic E-state index is 2.76. The predicted molar refractivity (Wildman–Crippen MR) is 67.6 cm³/mol. The van der Waals surface area contributed by atoms with Crippen molar-refractivity contribution in [2.75, 3.05) is 14.1 Å². The fourth-order valence-electron chi connectivity index (χ4n) is 4.58. The van der Waals surface area contributed by atoms with Gasteiger partial charge in [0.15, 0.2) is 0 Å². The SMILES string of the molecule is CN1[C@@H]2CCCC[C@@H]2N(C)[C@H]2CCCC[C@@H]21. The van der Waals surface area contributed by atoms with E-state index in [2.05, 4.69) is 23.9 Å². The van der Waals surface area contributed by atoms with Gasteiger partial charge in [0.25, 0.3) is 0 Å². The van der Waals surface area contributed by atoms with Crippen LogP contribution in [0.3, 0.4) is 0 Å². The monoisotopic (exact) mass is 222 g/mol. The molecule has 1 heterocycles. The van der Waals surface area contributed by atoms with Crippen molar-refractivity contribution in [3.63, 3.8) is 0 Å². The molecule has 0 bridgehead atoms. The quantitative estimate of drug-likeness (QED) is 0.621. The third-order valence-corrected chi connectivity index (χ3v) is 5.48. The normalized spacial score (nSPS) is 46.1. The standard InChI is InChI=1S/C14H26N2/c1-15-11-7-3-5-9-13(11)16(2)14-10-6-4-8-12(14)15/h11-14H,3-10H2,1-2H3/t11-,12-,13-,14+/m0/s1. The average molecular weight is 222 g/mol. The van der Waals surface area contributed by atoms with E-state index in [1.165, 1.54) is 51.4 Å². The third-order valence-electron chi connectivity index (χ3n) is 5.48. The fourth-order valence-corrected chi connectivity index (χ4v) is 4.58. The molecule has 92 valence electrons. The van der Waals surface area contributed by atoms with Gasteiger partial charge < -0.3 is 0 Å². The third kappa shape index (κ3) is 1.62. The molecule has 1 aliphatic heterocycles. The molecule has 3 aliphatic rings. The number of fused-ring (bicyclic) bond motifs is 2. The van der Waals surface area contributed by atoms with Gasteiger partial charge in [-0.1, -0.05) is 25.7 Å². The highest BCUT2D eigenvalue weighted by Crippen LogP contribution is 2.38. The number of rotatable bonds is 0. The summed E-state index contributed by atoms with van der Waals surface area (Å²) in [5, 5.41) is 0. The summed E-state index contributed by atoms with van der Waals surface area (Å²) in [7, 11) is 4.80. The lowest BCUT2D eigenvalue weighted by molar-refractivity contribution is -0.0692. The smallest absolute Gasteiger partial charge is 0.0252 e. The fraction of sp³-hybridized carbons (Fsp3) is 1.00. The largest absolute Gasteiger partial charge is 0.297 e. The van der Waals surface area contributed by atoms with Crippen molar-refractivity contribution < 1.29 is 0 Å². The molecular formula is C14H26N2. The average Bonchev–Trinajstić information content (AvgIpc) is 2.36. The van der Waals surface area contributed by atoms with E-state index in [9.17, 15) is 0 Å². The Morgan fingerprint density at radius 3 is 1.06 bits per heavy atom. The molecule has 0 aromatic heterocycles. The molecule has 0 spiro atoms. The van der Waals surface area contributed by atoms with Crippen LogP contribution in [0.25, 0.3) is 0 Å². The molecule has 2 aliphatic carbocycles. The van der Waals surface area contributed by atoms with Gasteiger partial charge in [-0.25, -0.2) is 0 Å². The van der Waals surface area contributed by atoms with Crippen LogP contribution >= 0.6 is 0 Å². The molecule has 1 saturated heterocycles. The van der Waals surface area contributed by atoms with E-state index in [0.29, 0.717) is 0 Å². The molecule has 3 rings (SSSR count). The van der Waals surface area contributed by atoms with Crippen LogP contribution in [0.2, 0.25) is 0 Å². The van der Waals surface area contributed by atoms with E-state index in [4.69, 9.17) is 0 Å². The number of nitrogens with zero attached hydrogens (tertiary/aromatic N) is 2. The minimum absolute atomic E-state index is 0.859. The molecule has 4 atom stereocenters. The molecule has 0 radical (unpaired) electrons. The van der Waals surface area contributed by atoms with Gasteiger partial charge in [0.05, 0.1) is 0 Å². The summed E-state index contributed by atoms with van der Waals surface area (Å²) in [4.78, 5) is 5.52. The van der Waals surface area contributed by atoms with Gasteiger partial charge >= 0.3 is 0 Å². The Labute approximate surface area is 100.0 Å². The molecule has 0 amide bonds.